The highest BCUT2D eigenvalue weighted by molar-refractivity contribution is 7.89. The second kappa shape index (κ2) is 5.90. The summed E-state index contributed by atoms with van der Waals surface area (Å²) in [5.74, 6) is 0. The number of thiazole rings is 1. The van der Waals surface area contributed by atoms with Gasteiger partial charge in [0.1, 0.15) is 4.90 Å². The fraction of sp³-hybridized carbons (Fsp3) is 0.308. The van der Waals surface area contributed by atoms with Gasteiger partial charge in [-0.2, -0.15) is 0 Å². The molecule has 0 unspecified atom stereocenters. The van der Waals surface area contributed by atoms with Crippen molar-refractivity contribution in [3.8, 4) is 0 Å². The lowest BCUT2D eigenvalue weighted by Crippen LogP contribution is -2.27. The van der Waals surface area contributed by atoms with Crippen LogP contribution in [0.2, 0.25) is 0 Å². The van der Waals surface area contributed by atoms with E-state index in [-0.39, 0.29) is 10.6 Å². The van der Waals surface area contributed by atoms with Gasteiger partial charge in [-0.05, 0) is 25.5 Å². The maximum Gasteiger partial charge on any atom is 0.242 e. The molecule has 3 N–H and O–H groups in total. The minimum Gasteiger partial charge on any atom is -0.398 e. The largest absolute Gasteiger partial charge is 0.398 e. The Labute approximate surface area is 122 Å². The molecule has 0 radical (unpaired) electrons. The normalized spacial score (nSPS) is 11.7. The molecule has 0 amide bonds. The smallest absolute Gasteiger partial charge is 0.242 e. The van der Waals surface area contributed by atoms with E-state index in [1.807, 2.05) is 12.3 Å². The van der Waals surface area contributed by atoms with E-state index >= 15 is 0 Å². The molecular weight excluding hydrogens is 294 g/mol. The maximum absolute atomic E-state index is 12.3. The predicted octanol–water partition coefficient (Wildman–Crippen LogP) is 1.86. The summed E-state index contributed by atoms with van der Waals surface area (Å²) in [6.45, 7) is 3.96. The van der Waals surface area contributed by atoms with Crippen LogP contribution in [0.1, 0.15) is 16.3 Å². The molecule has 2 aromatic rings. The van der Waals surface area contributed by atoms with Gasteiger partial charge in [0.2, 0.25) is 10.0 Å². The molecule has 1 aromatic carbocycles. The first-order chi connectivity index (χ1) is 9.40. The van der Waals surface area contributed by atoms with Gasteiger partial charge >= 0.3 is 0 Å². The first kappa shape index (κ1) is 15.0. The molecule has 2 rings (SSSR count). The Balaban J connectivity index is 2.08. The topological polar surface area (TPSA) is 85.1 Å². The van der Waals surface area contributed by atoms with Crippen molar-refractivity contribution in [1.29, 1.82) is 0 Å². The first-order valence-corrected chi connectivity index (χ1v) is 8.52. The van der Waals surface area contributed by atoms with E-state index in [2.05, 4.69) is 9.71 Å². The lowest BCUT2D eigenvalue weighted by Gasteiger charge is -2.11. The molecule has 0 atom stereocenters. The monoisotopic (exact) mass is 311 g/mol. The van der Waals surface area contributed by atoms with Crippen molar-refractivity contribution in [1.82, 2.24) is 9.71 Å². The van der Waals surface area contributed by atoms with Gasteiger partial charge in [-0.3, -0.25) is 0 Å². The quantitative estimate of drug-likeness (QED) is 0.825. The number of anilines is 1. The van der Waals surface area contributed by atoms with Crippen molar-refractivity contribution in [2.24, 2.45) is 0 Å². The van der Waals surface area contributed by atoms with Gasteiger partial charge in [0.05, 0.1) is 16.4 Å². The zero-order valence-corrected chi connectivity index (χ0v) is 13.0. The van der Waals surface area contributed by atoms with E-state index in [1.54, 1.807) is 36.5 Å². The van der Waals surface area contributed by atoms with Crippen LogP contribution < -0.4 is 10.5 Å². The molecule has 1 heterocycles. The molecule has 108 valence electrons. The highest BCUT2D eigenvalue weighted by Gasteiger charge is 2.19. The number of nitrogens with zero attached hydrogens (tertiary/aromatic N) is 1. The van der Waals surface area contributed by atoms with Crippen molar-refractivity contribution in [2.75, 3.05) is 12.3 Å². The number of nitrogens with one attached hydrogen (secondary N) is 1. The molecule has 0 fully saturated rings. The predicted molar refractivity (Wildman–Crippen MR) is 81.3 cm³/mol. The third-order valence-corrected chi connectivity index (χ3v) is 5.35. The van der Waals surface area contributed by atoms with Gasteiger partial charge in [-0.15, -0.1) is 11.3 Å². The minimum absolute atomic E-state index is 0.162. The molecule has 0 aliphatic carbocycles. The highest BCUT2D eigenvalue weighted by Crippen LogP contribution is 2.21. The lowest BCUT2D eigenvalue weighted by atomic mass is 10.2. The number of aryl methyl sites for hydroxylation is 2. The van der Waals surface area contributed by atoms with Crippen molar-refractivity contribution in [2.45, 2.75) is 25.2 Å². The van der Waals surface area contributed by atoms with Crippen LogP contribution in [0.15, 0.2) is 28.5 Å². The van der Waals surface area contributed by atoms with Gasteiger partial charge < -0.3 is 5.73 Å². The Morgan fingerprint density at radius 3 is 2.70 bits per heavy atom. The van der Waals surface area contributed by atoms with Crippen LogP contribution in [0.4, 0.5) is 5.69 Å². The van der Waals surface area contributed by atoms with Crippen molar-refractivity contribution < 1.29 is 8.42 Å². The Hall–Kier alpha value is -1.44. The standard InChI is InChI=1S/C13H17N3O2S2/c1-9-4-3-5-12(14)13(9)20(17,18)15-7-6-11-8-19-10(2)16-11/h3-5,8,15H,6-7,14H2,1-2H3. The number of sulfonamides is 1. The summed E-state index contributed by atoms with van der Waals surface area (Å²) in [6.07, 6.45) is 0.565. The van der Waals surface area contributed by atoms with Gasteiger partial charge in [-0.25, -0.2) is 18.1 Å². The third kappa shape index (κ3) is 3.36. The van der Waals surface area contributed by atoms with E-state index in [0.717, 1.165) is 10.7 Å². The molecule has 0 aliphatic heterocycles. The molecule has 0 saturated carbocycles. The van der Waals surface area contributed by atoms with Crippen LogP contribution >= 0.6 is 11.3 Å². The number of nitrogens with two attached hydrogens (primary N) is 1. The van der Waals surface area contributed by atoms with Crippen LogP contribution in [0.5, 0.6) is 0 Å². The zero-order valence-electron chi connectivity index (χ0n) is 11.4. The van der Waals surface area contributed by atoms with E-state index < -0.39 is 10.0 Å². The summed E-state index contributed by atoms with van der Waals surface area (Å²) in [5, 5.41) is 2.91. The minimum atomic E-state index is -3.58. The molecule has 0 bridgehead atoms. The van der Waals surface area contributed by atoms with E-state index in [0.29, 0.717) is 18.5 Å². The van der Waals surface area contributed by atoms with Crippen LogP contribution in [0.25, 0.3) is 0 Å². The van der Waals surface area contributed by atoms with Crippen LogP contribution in [-0.4, -0.2) is 19.9 Å². The van der Waals surface area contributed by atoms with E-state index in [4.69, 9.17) is 5.73 Å². The highest BCUT2D eigenvalue weighted by atomic mass is 32.2. The zero-order chi connectivity index (χ0) is 14.8. The third-order valence-electron chi connectivity index (χ3n) is 2.85. The number of hydrogen-bond acceptors (Lipinski definition) is 5. The molecular formula is C13H17N3O2S2. The molecule has 5 nitrogen and oxygen atoms in total. The first-order valence-electron chi connectivity index (χ1n) is 6.16. The summed E-state index contributed by atoms with van der Waals surface area (Å²) in [6, 6.07) is 5.06. The van der Waals surface area contributed by atoms with Gasteiger partial charge in [0, 0.05) is 18.3 Å². The van der Waals surface area contributed by atoms with Gasteiger partial charge in [0.25, 0.3) is 0 Å². The average Bonchev–Trinajstić information content (AvgIpc) is 2.74. The molecule has 0 saturated heterocycles. The Kier molecular flexibility index (Phi) is 4.42. The Morgan fingerprint density at radius 2 is 2.10 bits per heavy atom. The summed E-state index contributed by atoms with van der Waals surface area (Å²) in [5.41, 5.74) is 7.57. The summed E-state index contributed by atoms with van der Waals surface area (Å²) >= 11 is 1.56. The van der Waals surface area contributed by atoms with Crippen molar-refractivity contribution in [3.05, 3.63) is 39.8 Å². The number of rotatable bonds is 5. The second-order valence-corrected chi connectivity index (χ2v) is 7.26. The van der Waals surface area contributed by atoms with Crippen molar-refractivity contribution >= 4 is 27.0 Å². The summed E-state index contributed by atoms with van der Waals surface area (Å²) in [4.78, 5) is 4.46. The molecule has 1 aromatic heterocycles. The maximum atomic E-state index is 12.3. The van der Waals surface area contributed by atoms with Crippen LogP contribution in [0.3, 0.4) is 0 Å². The number of hydrogen-bond donors (Lipinski definition) is 2. The van der Waals surface area contributed by atoms with E-state index in [1.165, 1.54) is 0 Å². The van der Waals surface area contributed by atoms with Crippen LogP contribution in [-0.2, 0) is 16.4 Å². The number of benzene rings is 1. The second-order valence-electron chi connectivity index (χ2n) is 4.50. The van der Waals surface area contributed by atoms with Gasteiger partial charge in [0.15, 0.2) is 0 Å². The van der Waals surface area contributed by atoms with Crippen molar-refractivity contribution in [3.63, 3.8) is 0 Å². The number of aromatic nitrogens is 1. The Morgan fingerprint density at radius 1 is 1.35 bits per heavy atom. The molecule has 7 heteroatoms. The molecule has 20 heavy (non-hydrogen) atoms. The number of nitrogen functional groups attached to an aromatic ring is 1. The Bertz CT molecular complexity index is 688. The SMILES string of the molecule is Cc1nc(CCNS(=O)(=O)c2c(C)cccc2N)cs1. The lowest BCUT2D eigenvalue weighted by molar-refractivity contribution is 0.581. The average molecular weight is 311 g/mol. The van der Waals surface area contributed by atoms with Gasteiger partial charge in [-0.1, -0.05) is 12.1 Å². The van der Waals surface area contributed by atoms with Crippen LogP contribution in [0, 0.1) is 13.8 Å². The molecule has 0 spiro atoms. The summed E-state index contributed by atoms with van der Waals surface area (Å²) < 4.78 is 27.1. The summed E-state index contributed by atoms with van der Waals surface area (Å²) in [7, 11) is -3.58. The van der Waals surface area contributed by atoms with E-state index in [9.17, 15) is 8.42 Å². The fourth-order valence-electron chi connectivity index (χ4n) is 1.95. The molecule has 0 aliphatic rings. The fourth-order valence-corrected chi connectivity index (χ4v) is 3.98.